The van der Waals surface area contributed by atoms with Crippen molar-refractivity contribution in [2.75, 3.05) is 0 Å². The highest BCUT2D eigenvalue weighted by Gasteiger charge is 2.14. The van der Waals surface area contributed by atoms with E-state index in [4.69, 9.17) is 5.73 Å². The molecule has 1 heterocycles. The van der Waals surface area contributed by atoms with Gasteiger partial charge in [-0.25, -0.2) is 0 Å². The van der Waals surface area contributed by atoms with Crippen molar-refractivity contribution < 1.29 is 0 Å². The molecular weight excluding hydrogens is 244 g/mol. The van der Waals surface area contributed by atoms with Gasteiger partial charge in [0.2, 0.25) is 0 Å². The first-order chi connectivity index (χ1) is 9.61. The maximum Gasteiger partial charge on any atom is 0.0729 e. The largest absolute Gasteiger partial charge is 0.319 e. The maximum absolute atomic E-state index is 6.43. The summed E-state index contributed by atoms with van der Waals surface area (Å²) >= 11 is 0. The van der Waals surface area contributed by atoms with Gasteiger partial charge in [0.1, 0.15) is 0 Å². The Bertz CT molecular complexity index is 561. The Kier molecular flexibility index (Phi) is 4.91. The summed E-state index contributed by atoms with van der Waals surface area (Å²) in [6, 6.07) is 12.5. The van der Waals surface area contributed by atoms with E-state index in [2.05, 4.69) is 56.1 Å². The van der Waals surface area contributed by atoms with Gasteiger partial charge >= 0.3 is 0 Å². The quantitative estimate of drug-likeness (QED) is 0.893. The lowest BCUT2D eigenvalue weighted by Gasteiger charge is -2.16. The Labute approximate surface area is 122 Å². The first-order valence-corrected chi connectivity index (χ1v) is 7.40. The number of aromatic nitrogens is 1. The molecule has 0 spiro atoms. The highest BCUT2D eigenvalue weighted by Crippen LogP contribution is 2.23. The third-order valence-electron chi connectivity index (χ3n) is 3.56. The minimum absolute atomic E-state index is 0.140. The van der Waals surface area contributed by atoms with Crippen LogP contribution in [0.1, 0.15) is 49.2 Å². The van der Waals surface area contributed by atoms with Crippen molar-refractivity contribution in [1.29, 1.82) is 0 Å². The predicted molar refractivity (Wildman–Crippen MR) is 84.6 cm³/mol. The molecule has 0 aliphatic rings. The molecular formula is C18H24N2. The van der Waals surface area contributed by atoms with E-state index >= 15 is 0 Å². The molecule has 2 aromatic rings. The fraction of sp³-hybridized carbons (Fsp3) is 0.389. The lowest BCUT2D eigenvalue weighted by Crippen LogP contribution is -2.16. The molecule has 0 aliphatic heterocycles. The molecule has 106 valence electrons. The third-order valence-corrected chi connectivity index (χ3v) is 3.56. The van der Waals surface area contributed by atoms with Crippen LogP contribution in [0.3, 0.4) is 0 Å². The Morgan fingerprint density at radius 1 is 1.15 bits per heavy atom. The molecule has 2 N–H and O–H groups in total. The van der Waals surface area contributed by atoms with Gasteiger partial charge in [0.15, 0.2) is 0 Å². The molecule has 1 aromatic carbocycles. The van der Waals surface area contributed by atoms with E-state index in [0.29, 0.717) is 5.92 Å². The number of benzene rings is 1. The van der Waals surface area contributed by atoms with E-state index in [-0.39, 0.29) is 6.04 Å². The number of nitrogens with two attached hydrogens (primary N) is 1. The average molecular weight is 268 g/mol. The molecule has 0 bridgehead atoms. The van der Waals surface area contributed by atoms with Crippen LogP contribution in [0.15, 0.2) is 42.6 Å². The summed E-state index contributed by atoms with van der Waals surface area (Å²) in [4.78, 5) is 4.49. The van der Waals surface area contributed by atoms with Crippen molar-refractivity contribution in [2.24, 2.45) is 11.7 Å². The SMILES string of the molecule is CCc1cccnc1C(N)c1cccc(CC(C)C)c1. The number of aryl methyl sites for hydroxylation is 1. The van der Waals surface area contributed by atoms with E-state index < -0.39 is 0 Å². The van der Waals surface area contributed by atoms with Gasteiger partial charge < -0.3 is 5.73 Å². The van der Waals surface area contributed by atoms with Crippen molar-refractivity contribution in [3.05, 3.63) is 65.0 Å². The highest BCUT2D eigenvalue weighted by atomic mass is 14.8. The van der Waals surface area contributed by atoms with Crippen LogP contribution in [-0.2, 0) is 12.8 Å². The molecule has 2 rings (SSSR count). The molecule has 2 nitrogen and oxygen atoms in total. The van der Waals surface area contributed by atoms with Crippen LogP contribution in [0.25, 0.3) is 0 Å². The van der Waals surface area contributed by atoms with E-state index in [1.807, 2.05) is 12.3 Å². The first kappa shape index (κ1) is 14.7. The van der Waals surface area contributed by atoms with Gasteiger partial charge in [-0.15, -0.1) is 0 Å². The fourth-order valence-electron chi connectivity index (χ4n) is 2.57. The number of rotatable bonds is 5. The van der Waals surface area contributed by atoms with Gasteiger partial charge in [-0.2, -0.15) is 0 Å². The molecule has 0 saturated heterocycles. The third kappa shape index (κ3) is 3.45. The predicted octanol–water partition coefficient (Wildman–Crippen LogP) is 3.89. The Morgan fingerprint density at radius 3 is 2.65 bits per heavy atom. The average Bonchev–Trinajstić information content (AvgIpc) is 2.46. The first-order valence-electron chi connectivity index (χ1n) is 7.40. The molecule has 0 radical (unpaired) electrons. The zero-order valence-corrected chi connectivity index (χ0v) is 12.6. The summed E-state index contributed by atoms with van der Waals surface area (Å²) in [6.45, 7) is 6.61. The van der Waals surface area contributed by atoms with Crippen molar-refractivity contribution in [2.45, 2.75) is 39.7 Å². The van der Waals surface area contributed by atoms with Crippen LogP contribution >= 0.6 is 0 Å². The standard InChI is InChI=1S/C18H24N2/c1-4-15-9-6-10-20-18(15)17(19)16-8-5-7-14(12-16)11-13(2)3/h5-10,12-13,17H,4,11,19H2,1-3H3. The summed E-state index contributed by atoms with van der Waals surface area (Å²) in [5.41, 5.74) is 11.2. The molecule has 0 aliphatic carbocycles. The smallest absolute Gasteiger partial charge is 0.0729 e. The second kappa shape index (κ2) is 6.67. The van der Waals surface area contributed by atoms with Gasteiger partial charge in [-0.3, -0.25) is 4.98 Å². The molecule has 20 heavy (non-hydrogen) atoms. The Morgan fingerprint density at radius 2 is 1.95 bits per heavy atom. The Balaban J connectivity index is 2.30. The summed E-state index contributed by atoms with van der Waals surface area (Å²) < 4.78 is 0. The molecule has 1 aromatic heterocycles. The zero-order chi connectivity index (χ0) is 14.5. The molecule has 1 atom stereocenters. The van der Waals surface area contributed by atoms with Crippen LogP contribution < -0.4 is 5.73 Å². The van der Waals surface area contributed by atoms with Crippen molar-refractivity contribution in [3.8, 4) is 0 Å². The van der Waals surface area contributed by atoms with Gasteiger partial charge in [0.25, 0.3) is 0 Å². The van der Waals surface area contributed by atoms with E-state index in [1.54, 1.807) is 0 Å². The van der Waals surface area contributed by atoms with Crippen LogP contribution in [0.4, 0.5) is 0 Å². The van der Waals surface area contributed by atoms with Crippen molar-refractivity contribution >= 4 is 0 Å². The monoisotopic (exact) mass is 268 g/mol. The minimum Gasteiger partial charge on any atom is -0.319 e. The fourth-order valence-corrected chi connectivity index (χ4v) is 2.57. The van der Waals surface area contributed by atoms with Gasteiger partial charge in [0, 0.05) is 6.20 Å². The number of pyridine rings is 1. The van der Waals surface area contributed by atoms with Crippen LogP contribution in [0, 0.1) is 5.92 Å². The van der Waals surface area contributed by atoms with Gasteiger partial charge in [-0.05, 0) is 41.5 Å². The summed E-state index contributed by atoms with van der Waals surface area (Å²) in [7, 11) is 0. The summed E-state index contributed by atoms with van der Waals surface area (Å²) in [5, 5.41) is 0. The van der Waals surface area contributed by atoms with Crippen LogP contribution in [0.2, 0.25) is 0 Å². The number of hydrogen-bond acceptors (Lipinski definition) is 2. The van der Waals surface area contributed by atoms with E-state index in [9.17, 15) is 0 Å². The lowest BCUT2D eigenvalue weighted by molar-refractivity contribution is 0.646. The van der Waals surface area contributed by atoms with Crippen molar-refractivity contribution in [1.82, 2.24) is 4.98 Å². The molecule has 0 saturated carbocycles. The Hall–Kier alpha value is -1.67. The molecule has 1 unspecified atom stereocenters. The summed E-state index contributed by atoms with van der Waals surface area (Å²) in [6.07, 6.45) is 3.87. The van der Waals surface area contributed by atoms with Crippen LogP contribution in [0.5, 0.6) is 0 Å². The number of nitrogens with zero attached hydrogens (tertiary/aromatic N) is 1. The number of hydrogen-bond donors (Lipinski definition) is 1. The minimum atomic E-state index is -0.140. The molecule has 2 heteroatoms. The van der Waals surface area contributed by atoms with Crippen LogP contribution in [-0.4, -0.2) is 4.98 Å². The molecule has 0 amide bonds. The van der Waals surface area contributed by atoms with Crippen molar-refractivity contribution in [3.63, 3.8) is 0 Å². The molecule has 0 fully saturated rings. The normalized spacial score (nSPS) is 12.7. The maximum atomic E-state index is 6.43. The lowest BCUT2D eigenvalue weighted by atomic mass is 9.95. The van der Waals surface area contributed by atoms with Gasteiger partial charge in [-0.1, -0.05) is 51.1 Å². The second-order valence-electron chi connectivity index (χ2n) is 5.72. The zero-order valence-electron chi connectivity index (χ0n) is 12.6. The van der Waals surface area contributed by atoms with E-state index in [0.717, 1.165) is 24.1 Å². The topological polar surface area (TPSA) is 38.9 Å². The summed E-state index contributed by atoms with van der Waals surface area (Å²) in [5.74, 6) is 0.655. The highest BCUT2D eigenvalue weighted by molar-refractivity contribution is 5.34. The van der Waals surface area contributed by atoms with Gasteiger partial charge in [0.05, 0.1) is 11.7 Å². The van der Waals surface area contributed by atoms with E-state index in [1.165, 1.54) is 11.1 Å². The second-order valence-corrected chi connectivity index (χ2v) is 5.72.